The number of halogens is 1. The summed E-state index contributed by atoms with van der Waals surface area (Å²) in [6, 6.07) is 2.86. The van der Waals surface area contributed by atoms with Crippen molar-refractivity contribution in [1.82, 2.24) is 9.47 Å². The van der Waals surface area contributed by atoms with Gasteiger partial charge in [0, 0.05) is 44.7 Å². The van der Waals surface area contributed by atoms with Crippen molar-refractivity contribution in [3.63, 3.8) is 0 Å². The molecule has 1 amide bonds. The summed E-state index contributed by atoms with van der Waals surface area (Å²) >= 11 is 0. The van der Waals surface area contributed by atoms with Crippen molar-refractivity contribution in [2.75, 3.05) is 18.9 Å². The number of aromatic carboxylic acids is 1. The average Bonchev–Trinajstić information content (AvgIpc) is 2.69. The maximum Gasteiger partial charge on any atom is 0.341 e. The number of nitrogens with one attached hydrogen (secondary N) is 1. The molecule has 7 nitrogen and oxygen atoms in total. The van der Waals surface area contributed by atoms with Crippen LogP contribution in [0.25, 0.3) is 10.9 Å². The van der Waals surface area contributed by atoms with Crippen LogP contribution in [-0.4, -0.2) is 46.1 Å². The molecule has 1 aliphatic carbocycles. The van der Waals surface area contributed by atoms with Crippen LogP contribution < -0.4 is 10.7 Å². The number of aromatic nitrogens is 1. The molecular formula is C21H26FN3O4. The van der Waals surface area contributed by atoms with Gasteiger partial charge in [-0.25, -0.2) is 9.18 Å². The van der Waals surface area contributed by atoms with Gasteiger partial charge in [0.1, 0.15) is 11.4 Å². The number of carbonyl (C=O) groups is 2. The zero-order chi connectivity index (χ0) is 21.1. The molecule has 2 aromatic rings. The Labute approximate surface area is 168 Å². The average molecular weight is 403 g/mol. The lowest BCUT2D eigenvalue weighted by Crippen LogP contribution is -2.29. The molecule has 1 heterocycles. The van der Waals surface area contributed by atoms with Crippen LogP contribution in [0, 0.1) is 5.82 Å². The summed E-state index contributed by atoms with van der Waals surface area (Å²) in [6.45, 7) is 2.05. The summed E-state index contributed by atoms with van der Waals surface area (Å²) in [5.41, 5.74) is -0.389. The van der Waals surface area contributed by atoms with E-state index in [1.54, 1.807) is 17.7 Å². The minimum atomic E-state index is -1.37. The Morgan fingerprint density at radius 1 is 1.28 bits per heavy atom. The van der Waals surface area contributed by atoms with Crippen molar-refractivity contribution >= 4 is 28.5 Å². The number of rotatable bonds is 6. The van der Waals surface area contributed by atoms with E-state index in [4.69, 9.17) is 0 Å². The van der Waals surface area contributed by atoms with E-state index in [1.165, 1.54) is 24.4 Å². The first kappa shape index (κ1) is 20.8. The minimum Gasteiger partial charge on any atom is -0.477 e. The minimum absolute atomic E-state index is 0.0158. The second kappa shape index (κ2) is 8.63. The smallest absolute Gasteiger partial charge is 0.341 e. The lowest BCUT2D eigenvalue weighted by Gasteiger charge is -2.24. The molecule has 0 atom stereocenters. The van der Waals surface area contributed by atoms with Gasteiger partial charge >= 0.3 is 5.97 Å². The number of amides is 1. The molecule has 0 bridgehead atoms. The summed E-state index contributed by atoms with van der Waals surface area (Å²) in [5.74, 6) is -2.06. The number of hydrogen-bond acceptors (Lipinski definition) is 4. The van der Waals surface area contributed by atoms with Gasteiger partial charge in [-0.1, -0.05) is 19.3 Å². The Morgan fingerprint density at radius 3 is 2.59 bits per heavy atom. The molecule has 0 unspecified atom stereocenters. The molecule has 1 aromatic heterocycles. The van der Waals surface area contributed by atoms with E-state index in [2.05, 4.69) is 5.32 Å². The first-order chi connectivity index (χ1) is 13.8. The predicted molar refractivity (Wildman–Crippen MR) is 109 cm³/mol. The molecule has 1 aliphatic rings. The molecule has 0 aliphatic heterocycles. The van der Waals surface area contributed by atoms with Crippen LogP contribution in [0.4, 0.5) is 10.1 Å². The van der Waals surface area contributed by atoms with E-state index < -0.39 is 22.8 Å². The normalized spacial score (nSPS) is 14.7. The van der Waals surface area contributed by atoms with E-state index in [0.717, 1.165) is 31.7 Å². The number of nitrogens with zero attached hydrogens (tertiary/aromatic N) is 2. The van der Waals surface area contributed by atoms with Crippen LogP contribution in [0.3, 0.4) is 0 Å². The van der Waals surface area contributed by atoms with Crippen molar-refractivity contribution in [2.24, 2.45) is 0 Å². The third-order valence-electron chi connectivity index (χ3n) is 5.58. The first-order valence-corrected chi connectivity index (χ1v) is 9.86. The third-order valence-corrected chi connectivity index (χ3v) is 5.58. The summed E-state index contributed by atoms with van der Waals surface area (Å²) in [6.07, 6.45) is 6.56. The predicted octanol–water partition coefficient (Wildman–Crippen LogP) is 3.06. The van der Waals surface area contributed by atoms with Gasteiger partial charge in [0.05, 0.1) is 11.2 Å². The highest BCUT2D eigenvalue weighted by molar-refractivity contribution is 5.93. The third kappa shape index (κ3) is 4.58. The summed E-state index contributed by atoms with van der Waals surface area (Å²) in [7, 11) is 1.64. The summed E-state index contributed by atoms with van der Waals surface area (Å²) in [4.78, 5) is 37.1. The molecule has 0 radical (unpaired) electrons. The standard InChI is InChI=1S/C21H26FN3O4/c1-13(26)24(2)8-9-25-12-16(21(28)29)20(27)15-10-17(22)18(11-19(15)25)23-14-6-4-3-5-7-14/h10-12,14,23H,3-9H2,1-2H3,(H,28,29). The fraction of sp³-hybridized carbons (Fsp3) is 0.476. The fourth-order valence-electron chi connectivity index (χ4n) is 3.74. The number of benzene rings is 1. The van der Waals surface area contributed by atoms with E-state index in [-0.39, 0.29) is 23.9 Å². The fourth-order valence-corrected chi connectivity index (χ4v) is 3.74. The molecule has 2 N–H and O–H groups in total. The van der Waals surface area contributed by atoms with Crippen molar-refractivity contribution in [3.8, 4) is 0 Å². The zero-order valence-electron chi connectivity index (χ0n) is 16.7. The Balaban J connectivity index is 2.06. The van der Waals surface area contributed by atoms with Crippen molar-refractivity contribution in [3.05, 3.63) is 39.9 Å². The van der Waals surface area contributed by atoms with Gasteiger partial charge in [-0.3, -0.25) is 9.59 Å². The first-order valence-electron chi connectivity index (χ1n) is 9.86. The topological polar surface area (TPSA) is 91.6 Å². The molecule has 8 heteroatoms. The lowest BCUT2D eigenvalue weighted by molar-refractivity contribution is -0.127. The van der Waals surface area contributed by atoms with E-state index in [9.17, 15) is 23.9 Å². The monoisotopic (exact) mass is 403 g/mol. The Morgan fingerprint density at radius 2 is 1.97 bits per heavy atom. The van der Waals surface area contributed by atoms with E-state index in [1.807, 2.05) is 0 Å². The van der Waals surface area contributed by atoms with Crippen LogP contribution in [0.15, 0.2) is 23.1 Å². The highest BCUT2D eigenvalue weighted by Gasteiger charge is 2.19. The SMILES string of the molecule is CC(=O)N(C)CCn1cc(C(=O)O)c(=O)c2cc(F)c(NC3CCCCC3)cc21. The van der Waals surface area contributed by atoms with Crippen LogP contribution in [0.5, 0.6) is 0 Å². The Bertz CT molecular complexity index is 996. The number of likely N-dealkylation sites (N-methyl/N-ethyl adjacent to an activating group) is 1. The molecule has 1 saturated carbocycles. The number of carboxylic acids is 1. The number of carboxylic acid groups (broad SMARTS) is 1. The van der Waals surface area contributed by atoms with E-state index in [0.29, 0.717) is 17.7 Å². The van der Waals surface area contributed by atoms with Crippen LogP contribution in [0.2, 0.25) is 0 Å². The van der Waals surface area contributed by atoms with Gasteiger partial charge in [0.2, 0.25) is 11.3 Å². The number of carbonyl (C=O) groups excluding carboxylic acids is 1. The quantitative estimate of drug-likeness (QED) is 0.774. The molecule has 1 fully saturated rings. The van der Waals surface area contributed by atoms with Crippen LogP contribution in [-0.2, 0) is 11.3 Å². The highest BCUT2D eigenvalue weighted by atomic mass is 19.1. The zero-order valence-corrected chi connectivity index (χ0v) is 16.7. The molecule has 0 saturated heterocycles. The highest BCUT2D eigenvalue weighted by Crippen LogP contribution is 2.26. The molecule has 29 heavy (non-hydrogen) atoms. The van der Waals surface area contributed by atoms with Gasteiger partial charge in [-0.2, -0.15) is 0 Å². The van der Waals surface area contributed by atoms with Crippen molar-refractivity contribution in [1.29, 1.82) is 0 Å². The van der Waals surface area contributed by atoms with E-state index >= 15 is 0 Å². The van der Waals surface area contributed by atoms with Gasteiger partial charge in [-0.15, -0.1) is 0 Å². The second-order valence-corrected chi connectivity index (χ2v) is 7.64. The number of anilines is 1. The molecule has 0 spiro atoms. The Kier molecular flexibility index (Phi) is 6.20. The van der Waals surface area contributed by atoms with Gasteiger partial charge in [-0.05, 0) is 25.0 Å². The molecular weight excluding hydrogens is 377 g/mol. The number of fused-ring (bicyclic) bond motifs is 1. The summed E-state index contributed by atoms with van der Waals surface area (Å²) < 4.78 is 16.3. The molecule has 3 rings (SSSR count). The summed E-state index contributed by atoms with van der Waals surface area (Å²) in [5, 5.41) is 12.6. The van der Waals surface area contributed by atoms with Gasteiger partial charge < -0.3 is 19.9 Å². The number of pyridine rings is 1. The molecule has 1 aromatic carbocycles. The largest absolute Gasteiger partial charge is 0.477 e. The second-order valence-electron chi connectivity index (χ2n) is 7.64. The number of hydrogen-bond donors (Lipinski definition) is 2. The lowest BCUT2D eigenvalue weighted by atomic mass is 9.95. The molecule has 156 valence electrons. The Hall–Kier alpha value is -2.90. The van der Waals surface area contributed by atoms with Gasteiger partial charge in [0.25, 0.3) is 0 Å². The van der Waals surface area contributed by atoms with Crippen LogP contribution >= 0.6 is 0 Å². The maximum atomic E-state index is 14.7. The van der Waals surface area contributed by atoms with Gasteiger partial charge in [0.15, 0.2) is 0 Å². The van der Waals surface area contributed by atoms with Crippen molar-refractivity contribution < 1.29 is 19.1 Å². The van der Waals surface area contributed by atoms with Crippen LogP contribution in [0.1, 0.15) is 49.4 Å². The van der Waals surface area contributed by atoms with Crippen molar-refractivity contribution in [2.45, 2.75) is 51.6 Å². The maximum absolute atomic E-state index is 14.7.